The number of carboxylic acid groups (broad SMARTS) is 1. The Balaban J connectivity index is 3.80. The minimum absolute atomic E-state index is 0.115. The molecule has 0 heterocycles. The van der Waals surface area contributed by atoms with Crippen LogP contribution in [0, 0.1) is 0 Å². The van der Waals surface area contributed by atoms with Crippen molar-refractivity contribution in [3.63, 3.8) is 0 Å². The van der Waals surface area contributed by atoms with Gasteiger partial charge in [0.2, 0.25) is 0 Å². The van der Waals surface area contributed by atoms with Gasteiger partial charge < -0.3 is 14.9 Å². The predicted octanol–water partition coefficient (Wildman–Crippen LogP) is 3.67. The quantitative estimate of drug-likeness (QED) is 0.377. The van der Waals surface area contributed by atoms with Crippen molar-refractivity contribution in [3.05, 3.63) is 0 Å². The molecule has 0 bridgehead atoms. The summed E-state index contributed by atoms with van der Waals surface area (Å²) in [6.07, 6.45) is 9.24. The summed E-state index contributed by atoms with van der Waals surface area (Å²) in [5.41, 5.74) is 0. The van der Waals surface area contributed by atoms with Crippen LogP contribution in [0.2, 0.25) is 0 Å². The highest BCUT2D eigenvalue weighted by molar-refractivity contribution is 5.71. The zero-order valence-electron chi connectivity index (χ0n) is 14.1. The van der Waals surface area contributed by atoms with E-state index in [4.69, 9.17) is 9.84 Å². The maximum atomic E-state index is 11.1. The fraction of sp³-hybridized carbons (Fsp3) is 0.882. The third-order valence-electron chi connectivity index (χ3n) is 3.76. The van der Waals surface area contributed by atoms with E-state index < -0.39 is 12.1 Å². The summed E-state index contributed by atoms with van der Waals surface area (Å²) in [5, 5.41) is 17.9. The second-order valence-electron chi connectivity index (χ2n) is 5.93. The largest absolute Gasteiger partial charge is 0.479 e. The minimum Gasteiger partial charge on any atom is -0.479 e. The van der Waals surface area contributed by atoms with E-state index in [2.05, 4.69) is 6.92 Å². The molecule has 0 radical (unpaired) electrons. The van der Waals surface area contributed by atoms with E-state index in [1.165, 1.54) is 45.4 Å². The van der Waals surface area contributed by atoms with Crippen molar-refractivity contribution < 1.29 is 24.5 Å². The second-order valence-corrected chi connectivity index (χ2v) is 5.93. The van der Waals surface area contributed by atoms with Crippen LogP contribution >= 0.6 is 0 Å². The lowest BCUT2D eigenvalue weighted by atomic mass is 10.0. The average Bonchev–Trinajstić information content (AvgIpc) is 2.46. The van der Waals surface area contributed by atoms with E-state index in [0.717, 1.165) is 19.3 Å². The standard InChI is InChI=1S/C17H32O5/c1-3-4-5-6-7-8-9-10-11-15(22-14(2)18)12-13-16(19)17(20)21/h15-16,19H,3-13H2,1-2H3,(H,20,21)/t15?,16-/m0/s1. The van der Waals surface area contributed by atoms with E-state index in [1.807, 2.05) is 0 Å². The van der Waals surface area contributed by atoms with Crippen LogP contribution in [0.4, 0.5) is 0 Å². The van der Waals surface area contributed by atoms with Gasteiger partial charge >= 0.3 is 11.9 Å². The van der Waals surface area contributed by atoms with Gasteiger partial charge in [-0.3, -0.25) is 4.79 Å². The average molecular weight is 316 g/mol. The maximum Gasteiger partial charge on any atom is 0.332 e. The molecule has 0 saturated carbocycles. The van der Waals surface area contributed by atoms with Crippen LogP contribution in [0.25, 0.3) is 0 Å². The van der Waals surface area contributed by atoms with Crippen molar-refractivity contribution in [2.75, 3.05) is 0 Å². The number of carbonyl (C=O) groups excluding carboxylic acids is 1. The molecule has 5 heteroatoms. The van der Waals surface area contributed by atoms with Crippen LogP contribution in [0.3, 0.4) is 0 Å². The van der Waals surface area contributed by atoms with Gasteiger partial charge in [-0.25, -0.2) is 4.79 Å². The molecule has 0 aromatic heterocycles. The lowest BCUT2D eigenvalue weighted by molar-refractivity contribution is -0.149. The van der Waals surface area contributed by atoms with Crippen LogP contribution in [-0.4, -0.2) is 34.4 Å². The first-order valence-electron chi connectivity index (χ1n) is 8.55. The van der Waals surface area contributed by atoms with Crippen LogP contribution in [0.5, 0.6) is 0 Å². The lowest BCUT2D eigenvalue weighted by Gasteiger charge is -2.17. The van der Waals surface area contributed by atoms with Gasteiger partial charge in [0.1, 0.15) is 6.10 Å². The Labute approximate surface area is 134 Å². The highest BCUT2D eigenvalue weighted by atomic mass is 16.5. The van der Waals surface area contributed by atoms with Crippen LogP contribution < -0.4 is 0 Å². The summed E-state index contributed by atoms with van der Waals surface area (Å²) >= 11 is 0. The summed E-state index contributed by atoms with van der Waals surface area (Å²) in [7, 11) is 0. The van der Waals surface area contributed by atoms with Crippen LogP contribution in [-0.2, 0) is 14.3 Å². The molecular formula is C17H32O5. The Hall–Kier alpha value is -1.10. The number of hydrogen-bond donors (Lipinski definition) is 2. The Morgan fingerprint density at radius 3 is 1.95 bits per heavy atom. The highest BCUT2D eigenvalue weighted by Gasteiger charge is 2.18. The first kappa shape index (κ1) is 20.9. The molecule has 2 N–H and O–H groups in total. The van der Waals surface area contributed by atoms with Gasteiger partial charge in [-0.05, 0) is 25.7 Å². The van der Waals surface area contributed by atoms with Crippen molar-refractivity contribution in [3.8, 4) is 0 Å². The number of aliphatic hydroxyl groups is 1. The van der Waals surface area contributed by atoms with E-state index in [-0.39, 0.29) is 18.5 Å². The fourth-order valence-corrected chi connectivity index (χ4v) is 2.47. The monoisotopic (exact) mass is 316 g/mol. The molecule has 2 atom stereocenters. The zero-order chi connectivity index (χ0) is 16.8. The highest BCUT2D eigenvalue weighted by Crippen LogP contribution is 2.16. The molecule has 130 valence electrons. The molecule has 0 saturated heterocycles. The molecular weight excluding hydrogens is 284 g/mol. The number of ether oxygens (including phenoxy) is 1. The van der Waals surface area contributed by atoms with Gasteiger partial charge in [-0.2, -0.15) is 0 Å². The van der Waals surface area contributed by atoms with Crippen LogP contribution in [0.1, 0.15) is 84.5 Å². The van der Waals surface area contributed by atoms with Gasteiger partial charge in [0, 0.05) is 6.92 Å². The van der Waals surface area contributed by atoms with Crippen LogP contribution in [0.15, 0.2) is 0 Å². The van der Waals surface area contributed by atoms with Crippen molar-refractivity contribution in [2.45, 2.75) is 96.7 Å². The Morgan fingerprint density at radius 2 is 1.45 bits per heavy atom. The molecule has 0 aromatic rings. The number of rotatable bonds is 14. The summed E-state index contributed by atoms with van der Waals surface area (Å²) < 4.78 is 5.20. The van der Waals surface area contributed by atoms with E-state index in [1.54, 1.807) is 0 Å². The van der Waals surface area contributed by atoms with E-state index in [0.29, 0.717) is 6.42 Å². The summed E-state index contributed by atoms with van der Waals surface area (Å²) in [6.45, 7) is 3.56. The molecule has 0 fully saturated rings. The normalized spacial score (nSPS) is 13.6. The number of unbranched alkanes of at least 4 members (excludes halogenated alkanes) is 7. The van der Waals surface area contributed by atoms with Gasteiger partial charge in [0.25, 0.3) is 0 Å². The Kier molecular flexibility index (Phi) is 12.9. The Morgan fingerprint density at radius 1 is 0.909 bits per heavy atom. The lowest BCUT2D eigenvalue weighted by Crippen LogP contribution is -2.23. The smallest absolute Gasteiger partial charge is 0.332 e. The molecule has 0 aromatic carbocycles. The molecule has 0 aliphatic heterocycles. The van der Waals surface area contributed by atoms with Gasteiger partial charge in [0.05, 0.1) is 0 Å². The number of carbonyl (C=O) groups is 2. The number of aliphatic carboxylic acids is 1. The van der Waals surface area contributed by atoms with Gasteiger partial charge in [-0.15, -0.1) is 0 Å². The summed E-state index contributed by atoms with van der Waals surface area (Å²) in [5.74, 6) is -1.58. The Bertz CT molecular complexity index is 303. The first-order valence-corrected chi connectivity index (χ1v) is 8.55. The van der Waals surface area contributed by atoms with Crippen molar-refractivity contribution in [1.29, 1.82) is 0 Å². The number of hydrogen-bond acceptors (Lipinski definition) is 4. The molecule has 5 nitrogen and oxygen atoms in total. The molecule has 0 spiro atoms. The minimum atomic E-state index is -1.38. The topological polar surface area (TPSA) is 83.8 Å². The van der Waals surface area contributed by atoms with Gasteiger partial charge in [0.15, 0.2) is 6.10 Å². The zero-order valence-corrected chi connectivity index (χ0v) is 14.1. The summed E-state index contributed by atoms with van der Waals surface area (Å²) in [6, 6.07) is 0. The van der Waals surface area contributed by atoms with Crippen molar-refractivity contribution >= 4 is 11.9 Å². The molecule has 0 aliphatic carbocycles. The number of aliphatic hydroxyl groups excluding tert-OH is 1. The number of esters is 1. The predicted molar refractivity (Wildman–Crippen MR) is 85.7 cm³/mol. The van der Waals surface area contributed by atoms with Gasteiger partial charge in [-0.1, -0.05) is 51.9 Å². The van der Waals surface area contributed by atoms with Crippen molar-refractivity contribution in [1.82, 2.24) is 0 Å². The second kappa shape index (κ2) is 13.6. The van der Waals surface area contributed by atoms with E-state index in [9.17, 15) is 14.7 Å². The van der Waals surface area contributed by atoms with Crippen molar-refractivity contribution in [2.24, 2.45) is 0 Å². The summed E-state index contributed by atoms with van der Waals surface area (Å²) in [4.78, 5) is 21.7. The molecule has 22 heavy (non-hydrogen) atoms. The maximum absolute atomic E-state index is 11.1. The molecule has 1 unspecified atom stereocenters. The molecule has 0 rings (SSSR count). The third-order valence-corrected chi connectivity index (χ3v) is 3.76. The molecule has 0 aliphatic rings. The molecule has 0 amide bonds. The SMILES string of the molecule is CCCCCCCCCCC(CC[C@H](O)C(=O)O)OC(C)=O. The fourth-order valence-electron chi connectivity index (χ4n) is 2.47. The van der Waals surface area contributed by atoms with E-state index >= 15 is 0 Å². The first-order chi connectivity index (χ1) is 10.5. The number of carboxylic acids is 1. The third kappa shape index (κ3) is 12.6.